The second-order valence-corrected chi connectivity index (χ2v) is 3.66. The number of rotatable bonds is 4. The number of aliphatic imine (C=N–C) groups is 1. The van der Waals surface area contributed by atoms with E-state index >= 15 is 0 Å². The van der Waals surface area contributed by atoms with Gasteiger partial charge in [0.1, 0.15) is 6.29 Å². The molecule has 13 heavy (non-hydrogen) atoms. The van der Waals surface area contributed by atoms with Crippen molar-refractivity contribution in [3.63, 3.8) is 0 Å². The minimum absolute atomic E-state index is 0.0669. The standard InChI is InChI=1S/C10H16N2O/c1-9-7-12-10(2,8-11-9)5-3-4-6-13/h6-8,12H,3-5H2,1-2H3. The summed E-state index contributed by atoms with van der Waals surface area (Å²) in [6.45, 7) is 4.04. The van der Waals surface area contributed by atoms with Crippen molar-refractivity contribution < 1.29 is 4.79 Å². The van der Waals surface area contributed by atoms with Gasteiger partial charge in [-0.15, -0.1) is 0 Å². The van der Waals surface area contributed by atoms with Crippen LogP contribution in [0.3, 0.4) is 0 Å². The number of nitrogens with zero attached hydrogens (tertiary/aromatic N) is 1. The maximum Gasteiger partial charge on any atom is 0.119 e. The van der Waals surface area contributed by atoms with Crippen LogP contribution < -0.4 is 5.32 Å². The lowest BCUT2D eigenvalue weighted by atomic mass is 9.95. The Morgan fingerprint density at radius 3 is 3.00 bits per heavy atom. The smallest absolute Gasteiger partial charge is 0.119 e. The second-order valence-electron chi connectivity index (χ2n) is 3.66. The number of carbonyl (C=O) groups excluding carboxylic acids is 1. The van der Waals surface area contributed by atoms with Gasteiger partial charge >= 0.3 is 0 Å². The van der Waals surface area contributed by atoms with Gasteiger partial charge in [-0.05, 0) is 26.7 Å². The highest BCUT2D eigenvalue weighted by Crippen LogP contribution is 2.15. The van der Waals surface area contributed by atoms with Crippen LogP contribution in [0.25, 0.3) is 0 Å². The second kappa shape index (κ2) is 4.21. The molecule has 0 saturated heterocycles. The third kappa shape index (κ3) is 3.01. The predicted octanol–water partition coefficient (Wildman–Crippen LogP) is 1.65. The molecule has 1 aliphatic rings. The fourth-order valence-electron chi connectivity index (χ4n) is 1.28. The Morgan fingerprint density at radius 2 is 2.46 bits per heavy atom. The Labute approximate surface area is 78.9 Å². The van der Waals surface area contributed by atoms with Crippen molar-refractivity contribution in [1.29, 1.82) is 0 Å². The van der Waals surface area contributed by atoms with Crippen molar-refractivity contribution in [2.75, 3.05) is 0 Å². The molecule has 0 bridgehead atoms. The molecule has 0 amide bonds. The van der Waals surface area contributed by atoms with Gasteiger partial charge in [0.2, 0.25) is 0 Å². The monoisotopic (exact) mass is 180 g/mol. The number of carbonyl (C=O) groups is 1. The summed E-state index contributed by atoms with van der Waals surface area (Å²) in [5, 5.41) is 3.28. The van der Waals surface area contributed by atoms with Gasteiger partial charge in [-0.25, -0.2) is 0 Å². The van der Waals surface area contributed by atoms with Crippen molar-refractivity contribution in [3.05, 3.63) is 11.9 Å². The normalized spacial score (nSPS) is 26.5. The van der Waals surface area contributed by atoms with Crippen LogP contribution in [0.5, 0.6) is 0 Å². The number of hydrogen-bond acceptors (Lipinski definition) is 3. The topological polar surface area (TPSA) is 41.5 Å². The summed E-state index contributed by atoms with van der Waals surface area (Å²) < 4.78 is 0. The first-order valence-corrected chi connectivity index (χ1v) is 4.60. The predicted molar refractivity (Wildman–Crippen MR) is 53.7 cm³/mol. The van der Waals surface area contributed by atoms with Gasteiger partial charge in [-0.2, -0.15) is 0 Å². The molecular weight excluding hydrogens is 164 g/mol. The molecule has 0 aromatic rings. The molecule has 1 heterocycles. The molecular formula is C10H16N2O. The van der Waals surface area contributed by atoms with Gasteiger partial charge in [-0.3, -0.25) is 4.99 Å². The molecule has 0 spiro atoms. The number of nitrogens with one attached hydrogen (secondary N) is 1. The van der Waals surface area contributed by atoms with Gasteiger partial charge in [0.15, 0.2) is 0 Å². The van der Waals surface area contributed by atoms with Crippen LogP contribution in [0.1, 0.15) is 33.1 Å². The quantitative estimate of drug-likeness (QED) is 0.528. The number of aldehydes is 1. The van der Waals surface area contributed by atoms with Crippen molar-refractivity contribution in [2.45, 2.75) is 38.6 Å². The average Bonchev–Trinajstić information content (AvgIpc) is 2.12. The highest BCUT2D eigenvalue weighted by molar-refractivity contribution is 5.72. The third-order valence-electron chi connectivity index (χ3n) is 2.18. The molecule has 1 aliphatic heterocycles. The SMILES string of the molecule is CC1=CNC(C)(CCCC=O)C=N1. The minimum Gasteiger partial charge on any atom is -0.379 e. The van der Waals surface area contributed by atoms with Gasteiger partial charge in [0.25, 0.3) is 0 Å². The maximum atomic E-state index is 10.1. The van der Waals surface area contributed by atoms with Gasteiger partial charge in [0, 0.05) is 18.8 Å². The lowest BCUT2D eigenvalue weighted by Gasteiger charge is -2.28. The maximum absolute atomic E-state index is 10.1. The summed E-state index contributed by atoms with van der Waals surface area (Å²) >= 11 is 0. The zero-order valence-electron chi connectivity index (χ0n) is 8.21. The Bertz CT molecular complexity index is 245. The Hall–Kier alpha value is -1.12. The summed E-state index contributed by atoms with van der Waals surface area (Å²) in [4.78, 5) is 14.4. The largest absolute Gasteiger partial charge is 0.379 e. The summed E-state index contributed by atoms with van der Waals surface area (Å²) in [5.74, 6) is 0. The van der Waals surface area contributed by atoms with Gasteiger partial charge < -0.3 is 10.1 Å². The highest BCUT2D eigenvalue weighted by Gasteiger charge is 2.21. The molecule has 3 nitrogen and oxygen atoms in total. The van der Waals surface area contributed by atoms with E-state index in [0.29, 0.717) is 6.42 Å². The van der Waals surface area contributed by atoms with Crippen molar-refractivity contribution >= 4 is 12.5 Å². The van der Waals surface area contributed by atoms with Crippen molar-refractivity contribution in [3.8, 4) is 0 Å². The zero-order valence-corrected chi connectivity index (χ0v) is 8.21. The minimum atomic E-state index is -0.0669. The van der Waals surface area contributed by atoms with E-state index in [-0.39, 0.29) is 5.54 Å². The molecule has 72 valence electrons. The first-order chi connectivity index (χ1) is 6.16. The van der Waals surface area contributed by atoms with Crippen LogP contribution in [0.15, 0.2) is 16.9 Å². The van der Waals surface area contributed by atoms with Crippen LogP contribution in [-0.4, -0.2) is 18.0 Å². The summed E-state index contributed by atoms with van der Waals surface area (Å²) in [6, 6.07) is 0. The van der Waals surface area contributed by atoms with Gasteiger partial charge in [-0.1, -0.05) is 0 Å². The van der Waals surface area contributed by atoms with E-state index in [2.05, 4.69) is 17.2 Å². The van der Waals surface area contributed by atoms with Crippen LogP contribution >= 0.6 is 0 Å². The molecule has 0 aliphatic carbocycles. The first-order valence-electron chi connectivity index (χ1n) is 4.60. The Balaban J connectivity index is 2.41. The molecule has 0 saturated carbocycles. The van der Waals surface area contributed by atoms with Crippen LogP contribution in [0.4, 0.5) is 0 Å². The average molecular weight is 180 g/mol. The van der Waals surface area contributed by atoms with E-state index < -0.39 is 0 Å². The fourth-order valence-corrected chi connectivity index (χ4v) is 1.28. The molecule has 1 rings (SSSR count). The van der Waals surface area contributed by atoms with Crippen molar-refractivity contribution in [1.82, 2.24) is 5.32 Å². The third-order valence-corrected chi connectivity index (χ3v) is 2.18. The van der Waals surface area contributed by atoms with E-state index in [1.807, 2.05) is 19.3 Å². The van der Waals surface area contributed by atoms with Crippen LogP contribution in [0, 0.1) is 0 Å². The van der Waals surface area contributed by atoms with Crippen molar-refractivity contribution in [2.24, 2.45) is 4.99 Å². The van der Waals surface area contributed by atoms with Crippen LogP contribution in [-0.2, 0) is 4.79 Å². The first kappa shape index (κ1) is 9.96. The zero-order chi connectivity index (χ0) is 9.73. The molecule has 1 atom stereocenters. The van der Waals surface area contributed by atoms with E-state index in [0.717, 1.165) is 24.8 Å². The summed E-state index contributed by atoms with van der Waals surface area (Å²) in [5.41, 5.74) is 0.926. The molecule has 0 aromatic heterocycles. The van der Waals surface area contributed by atoms with E-state index in [1.54, 1.807) is 0 Å². The van der Waals surface area contributed by atoms with E-state index in [4.69, 9.17) is 0 Å². The number of hydrogen-bond donors (Lipinski definition) is 1. The fraction of sp³-hybridized carbons (Fsp3) is 0.600. The molecule has 0 aromatic carbocycles. The summed E-state index contributed by atoms with van der Waals surface area (Å²) in [7, 11) is 0. The van der Waals surface area contributed by atoms with E-state index in [1.165, 1.54) is 0 Å². The Kier molecular flexibility index (Phi) is 3.23. The summed E-state index contributed by atoms with van der Waals surface area (Å²) in [6.07, 6.45) is 7.29. The molecule has 1 N–H and O–H groups in total. The molecule has 1 unspecified atom stereocenters. The molecule has 3 heteroatoms. The van der Waals surface area contributed by atoms with Crippen LogP contribution in [0.2, 0.25) is 0 Å². The van der Waals surface area contributed by atoms with E-state index in [9.17, 15) is 4.79 Å². The Morgan fingerprint density at radius 1 is 1.69 bits per heavy atom. The lowest BCUT2D eigenvalue weighted by molar-refractivity contribution is -0.107. The highest BCUT2D eigenvalue weighted by atomic mass is 16.1. The lowest BCUT2D eigenvalue weighted by Crippen LogP contribution is -2.42. The number of unbranched alkanes of at least 4 members (excludes halogenated alkanes) is 1. The van der Waals surface area contributed by atoms with Gasteiger partial charge in [0.05, 0.1) is 11.2 Å². The molecule has 0 fully saturated rings. The number of allylic oxidation sites excluding steroid dienone is 1. The molecule has 0 radical (unpaired) electrons.